The summed E-state index contributed by atoms with van der Waals surface area (Å²) >= 11 is 0. The maximum absolute atomic E-state index is 4.53. The molecular formula is C11H17N3. The van der Waals surface area contributed by atoms with Gasteiger partial charge in [-0.25, -0.2) is 4.98 Å². The second-order valence-corrected chi connectivity index (χ2v) is 3.94. The molecule has 1 aromatic rings. The van der Waals surface area contributed by atoms with E-state index in [4.69, 9.17) is 0 Å². The van der Waals surface area contributed by atoms with Gasteiger partial charge in [-0.3, -0.25) is 0 Å². The molecule has 0 aromatic carbocycles. The summed E-state index contributed by atoms with van der Waals surface area (Å²) in [4.78, 5) is 6.87. The smallest absolute Gasteiger partial charge is 0.128 e. The average molecular weight is 191 g/mol. The number of anilines is 1. The Balaban J connectivity index is 2.14. The molecule has 76 valence electrons. The van der Waals surface area contributed by atoms with E-state index >= 15 is 0 Å². The number of piperazine rings is 1. The minimum atomic E-state index is 0.561. The predicted molar refractivity (Wildman–Crippen MR) is 58.7 cm³/mol. The highest BCUT2D eigenvalue weighted by molar-refractivity contribution is 5.39. The zero-order chi connectivity index (χ0) is 9.97. The van der Waals surface area contributed by atoms with Crippen LogP contribution in [0.1, 0.15) is 12.6 Å². The van der Waals surface area contributed by atoms with E-state index in [0.717, 1.165) is 31.1 Å². The van der Waals surface area contributed by atoms with Crippen molar-refractivity contribution in [1.82, 2.24) is 10.3 Å². The van der Waals surface area contributed by atoms with Gasteiger partial charge >= 0.3 is 0 Å². The van der Waals surface area contributed by atoms with Crippen molar-refractivity contribution in [3.8, 4) is 0 Å². The first-order chi connectivity index (χ1) is 6.75. The van der Waals surface area contributed by atoms with Gasteiger partial charge in [-0.2, -0.15) is 0 Å². The summed E-state index contributed by atoms with van der Waals surface area (Å²) in [5, 5.41) is 3.43. The molecule has 3 heteroatoms. The standard InChI is InChI=1S/C11H17N3/c1-9-4-3-5-11(13-9)14-7-6-12-10(2)8-14/h3-5,10,12H,6-8H2,1-2H3. The Labute approximate surface area is 85.1 Å². The molecule has 1 atom stereocenters. The van der Waals surface area contributed by atoms with Crippen LogP contribution in [0, 0.1) is 6.92 Å². The van der Waals surface area contributed by atoms with Gasteiger partial charge in [-0.05, 0) is 26.0 Å². The van der Waals surface area contributed by atoms with Crippen LogP contribution in [0.25, 0.3) is 0 Å². The number of aryl methyl sites for hydroxylation is 1. The van der Waals surface area contributed by atoms with Crippen LogP contribution in [-0.2, 0) is 0 Å². The molecule has 1 fully saturated rings. The van der Waals surface area contributed by atoms with E-state index in [0.29, 0.717) is 6.04 Å². The van der Waals surface area contributed by atoms with E-state index in [1.165, 1.54) is 0 Å². The van der Waals surface area contributed by atoms with Gasteiger partial charge in [-0.1, -0.05) is 6.07 Å². The van der Waals surface area contributed by atoms with Gasteiger partial charge < -0.3 is 10.2 Å². The molecule has 1 saturated heterocycles. The predicted octanol–water partition coefficient (Wildman–Crippen LogP) is 1.19. The Morgan fingerprint density at radius 3 is 3.07 bits per heavy atom. The molecule has 0 spiro atoms. The van der Waals surface area contributed by atoms with E-state index in [1.807, 2.05) is 13.0 Å². The number of rotatable bonds is 1. The highest BCUT2D eigenvalue weighted by Gasteiger charge is 2.16. The van der Waals surface area contributed by atoms with E-state index in [9.17, 15) is 0 Å². The maximum Gasteiger partial charge on any atom is 0.128 e. The van der Waals surface area contributed by atoms with Crippen LogP contribution in [-0.4, -0.2) is 30.7 Å². The minimum Gasteiger partial charge on any atom is -0.354 e. The van der Waals surface area contributed by atoms with Crippen molar-refractivity contribution < 1.29 is 0 Å². The largest absolute Gasteiger partial charge is 0.354 e. The molecule has 1 N–H and O–H groups in total. The summed E-state index contributed by atoms with van der Waals surface area (Å²) in [5.41, 5.74) is 1.09. The van der Waals surface area contributed by atoms with E-state index < -0.39 is 0 Å². The van der Waals surface area contributed by atoms with E-state index in [-0.39, 0.29) is 0 Å². The molecule has 14 heavy (non-hydrogen) atoms. The van der Waals surface area contributed by atoms with Crippen molar-refractivity contribution in [2.75, 3.05) is 24.5 Å². The van der Waals surface area contributed by atoms with Gasteiger partial charge in [0.05, 0.1) is 0 Å². The lowest BCUT2D eigenvalue weighted by atomic mass is 10.2. The molecule has 0 amide bonds. The summed E-state index contributed by atoms with van der Waals surface area (Å²) in [5.74, 6) is 1.11. The third kappa shape index (κ3) is 2.04. The van der Waals surface area contributed by atoms with Crippen LogP contribution < -0.4 is 10.2 Å². The lowest BCUT2D eigenvalue weighted by molar-refractivity contribution is 0.482. The zero-order valence-electron chi connectivity index (χ0n) is 8.83. The van der Waals surface area contributed by atoms with Gasteiger partial charge in [0.15, 0.2) is 0 Å². The van der Waals surface area contributed by atoms with Crippen molar-refractivity contribution >= 4 is 5.82 Å². The Morgan fingerprint density at radius 2 is 2.36 bits per heavy atom. The fourth-order valence-corrected chi connectivity index (χ4v) is 1.85. The molecule has 0 bridgehead atoms. The number of nitrogens with one attached hydrogen (secondary N) is 1. The van der Waals surface area contributed by atoms with Gasteiger partial charge in [0, 0.05) is 31.4 Å². The summed E-state index contributed by atoms with van der Waals surface area (Å²) in [7, 11) is 0. The fourth-order valence-electron chi connectivity index (χ4n) is 1.85. The van der Waals surface area contributed by atoms with Crippen molar-refractivity contribution in [1.29, 1.82) is 0 Å². The third-order valence-corrected chi connectivity index (χ3v) is 2.57. The topological polar surface area (TPSA) is 28.2 Å². The quantitative estimate of drug-likeness (QED) is 0.722. The van der Waals surface area contributed by atoms with E-state index in [2.05, 4.69) is 34.3 Å². The van der Waals surface area contributed by atoms with Crippen LogP contribution >= 0.6 is 0 Å². The molecular weight excluding hydrogens is 174 g/mol. The number of pyridine rings is 1. The average Bonchev–Trinajstić information content (AvgIpc) is 2.18. The highest BCUT2D eigenvalue weighted by atomic mass is 15.2. The van der Waals surface area contributed by atoms with Crippen LogP contribution in [0.15, 0.2) is 18.2 Å². The lowest BCUT2D eigenvalue weighted by Gasteiger charge is -2.32. The van der Waals surface area contributed by atoms with Crippen LogP contribution in [0.5, 0.6) is 0 Å². The molecule has 0 aliphatic carbocycles. The Bertz CT molecular complexity index is 311. The molecule has 0 saturated carbocycles. The minimum absolute atomic E-state index is 0.561. The monoisotopic (exact) mass is 191 g/mol. The summed E-state index contributed by atoms with van der Waals surface area (Å²) < 4.78 is 0. The second kappa shape index (κ2) is 3.96. The highest BCUT2D eigenvalue weighted by Crippen LogP contribution is 2.12. The normalized spacial score (nSPS) is 22.4. The summed E-state index contributed by atoms with van der Waals surface area (Å²) in [6.45, 7) is 7.41. The van der Waals surface area contributed by atoms with Crippen molar-refractivity contribution in [2.24, 2.45) is 0 Å². The maximum atomic E-state index is 4.53. The van der Waals surface area contributed by atoms with Crippen LogP contribution in [0.2, 0.25) is 0 Å². The molecule has 1 aliphatic rings. The SMILES string of the molecule is Cc1cccc(N2CCNC(C)C2)n1. The second-order valence-electron chi connectivity index (χ2n) is 3.94. The Morgan fingerprint density at radius 1 is 1.50 bits per heavy atom. The van der Waals surface area contributed by atoms with Crippen molar-refractivity contribution in [2.45, 2.75) is 19.9 Å². The van der Waals surface area contributed by atoms with Gasteiger partial charge in [-0.15, -0.1) is 0 Å². The third-order valence-electron chi connectivity index (χ3n) is 2.57. The number of hydrogen-bond acceptors (Lipinski definition) is 3. The lowest BCUT2D eigenvalue weighted by Crippen LogP contribution is -2.49. The first-order valence-electron chi connectivity index (χ1n) is 5.18. The molecule has 1 aliphatic heterocycles. The van der Waals surface area contributed by atoms with Gasteiger partial charge in [0.25, 0.3) is 0 Å². The molecule has 2 rings (SSSR count). The van der Waals surface area contributed by atoms with Crippen molar-refractivity contribution in [3.63, 3.8) is 0 Å². The molecule has 1 unspecified atom stereocenters. The molecule has 0 radical (unpaired) electrons. The fraction of sp³-hybridized carbons (Fsp3) is 0.545. The number of aromatic nitrogens is 1. The number of nitrogens with zero attached hydrogens (tertiary/aromatic N) is 2. The van der Waals surface area contributed by atoms with Crippen LogP contribution in [0.4, 0.5) is 5.82 Å². The Hall–Kier alpha value is -1.09. The first-order valence-corrected chi connectivity index (χ1v) is 5.18. The summed E-state index contributed by atoms with van der Waals surface area (Å²) in [6, 6.07) is 6.76. The van der Waals surface area contributed by atoms with Crippen molar-refractivity contribution in [3.05, 3.63) is 23.9 Å². The van der Waals surface area contributed by atoms with Gasteiger partial charge in [0.1, 0.15) is 5.82 Å². The van der Waals surface area contributed by atoms with E-state index in [1.54, 1.807) is 0 Å². The summed E-state index contributed by atoms with van der Waals surface area (Å²) in [6.07, 6.45) is 0. The number of hydrogen-bond donors (Lipinski definition) is 1. The molecule has 3 nitrogen and oxygen atoms in total. The molecule has 2 heterocycles. The van der Waals surface area contributed by atoms with Crippen LogP contribution in [0.3, 0.4) is 0 Å². The Kier molecular flexibility index (Phi) is 2.68. The first kappa shape index (κ1) is 9.46. The van der Waals surface area contributed by atoms with Gasteiger partial charge in [0.2, 0.25) is 0 Å². The zero-order valence-corrected chi connectivity index (χ0v) is 8.83. The molecule has 1 aromatic heterocycles.